The quantitative estimate of drug-likeness (QED) is 0.847. The van der Waals surface area contributed by atoms with Crippen LogP contribution in [0, 0.1) is 6.92 Å². The molecular formula is C12H12N4O2. The number of rotatable bonds is 4. The molecule has 0 aromatic carbocycles. The molecule has 0 saturated carbocycles. The van der Waals surface area contributed by atoms with Crippen LogP contribution in [0.25, 0.3) is 0 Å². The second kappa shape index (κ2) is 5.22. The van der Waals surface area contributed by atoms with E-state index in [4.69, 9.17) is 5.11 Å². The van der Waals surface area contributed by atoms with Crippen molar-refractivity contribution in [2.45, 2.75) is 13.5 Å². The van der Waals surface area contributed by atoms with E-state index in [1.165, 1.54) is 12.4 Å². The van der Waals surface area contributed by atoms with Crippen LogP contribution in [0.15, 0.2) is 30.7 Å². The summed E-state index contributed by atoms with van der Waals surface area (Å²) in [6.45, 7) is 2.35. The highest BCUT2D eigenvalue weighted by molar-refractivity contribution is 5.90. The van der Waals surface area contributed by atoms with Crippen molar-refractivity contribution in [1.29, 1.82) is 0 Å². The molecule has 0 aliphatic heterocycles. The number of aryl methyl sites for hydroxylation is 1. The first-order chi connectivity index (χ1) is 8.68. The van der Waals surface area contributed by atoms with Crippen LogP contribution in [0.5, 0.6) is 0 Å². The molecule has 0 atom stereocenters. The summed E-state index contributed by atoms with van der Waals surface area (Å²) in [6, 6.07) is 3.79. The third kappa shape index (κ3) is 2.60. The molecule has 0 amide bonds. The molecule has 2 aromatic heterocycles. The molecule has 2 rings (SSSR count). The van der Waals surface area contributed by atoms with Gasteiger partial charge in [0.2, 0.25) is 0 Å². The van der Waals surface area contributed by atoms with E-state index >= 15 is 0 Å². The van der Waals surface area contributed by atoms with Gasteiger partial charge >= 0.3 is 5.97 Å². The molecule has 0 spiro atoms. The molecule has 6 heteroatoms. The highest BCUT2D eigenvalue weighted by Gasteiger charge is 2.12. The summed E-state index contributed by atoms with van der Waals surface area (Å²) < 4.78 is 0. The van der Waals surface area contributed by atoms with Crippen LogP contribution >= 0.6 is 0 Å². The number of carbonyl (C=O) groups is 1. The normalized spacial score (nSPS) is 10.1. The molecule has 92 valence electrons. The number of anilines is 1. The SMILES string of the molecule is Cc1cccnc1CNc1nccnc1C(=O)O. The van der Waals surface area contributed by atoms with E-state index < -0.39 is 5.97 Å². The van der Waals surface area contributed by atoms with Gasteiger partial charge in [0, 0.05) is 18.6 Å². The Morgan fingerprint density at radius 2 is 2.06 bits per heavy atom. The van der Waals surface area contributed by atoms with Crippen LogP contribution in [-0.2, 0) is 6.54 Å². The maximum Gasteiger partial charge on any atom is 0.358 e. The average molecular weight is 244 g/mol. The zero-order valence-corrected chi connectivity index (χ0v) is 9.79. The van der Waals surface area contributed by atoms with Crippen LogP contribution in [0.2, 0.25) is 0 Å². The van der Waals surface area contributed by atoms with Crippen molar-refractivity contribution < 1.29 is 9.90 Å². The zero-order chi connectivity index (χ0) is 13.0. The summed E-state index contributed by atoms with van der Waals surface area (Å²) in [7, 11) is 0. The fourth-order valence-corrected chi connectivity index (χ4v) is 1.49. The Balaban J connectivity index is 2.16. The van der Waals surface area contributed by atoms with E-state index in [1.807, 2.05) is 19.1 Å². The van der Waals surface area contributed by atoms with Crippen molar-refractivity contribution in [2.24, 2.45) is 0 Å². The van der Waals surface area contributed by atoms with Crippen molar-refractivity contribution in [3.05, 3.63) is 47.7 Å². The Bertz CT molecular complexity index is 572. The second-order valence-corrected chi connectivity index (χ2v) is 3.68. The molecule has 2 heterocycles. The maximum atomic E-state index is 10.9. The van der Waals surface area contributed by atoms with Gasteiger partial charge in [0.05, 0.1) is 12.2 Å². The fraction of sp³-hybridized carbons (Fsp3) is 0.167. The van der Waals surface area contributed by atoms with Crippen LogP contribution < -0.4 is 5.32 Å². The molecule has 0 saturated heterocycles. The highest BCUT2D eigenvalue weighted by atomic mass is 16.4. The largest absolute Gasteiger partial charge is 0.476 e. The number of hydrogen-bond acceptors (Lipinski definition) is 5. The summed E-state index contributed by atoms with van der Waals surface area (Å²) in [5.74, 6) is -0.863. The lowest BCUT2D eigenvalue weighted by Gasteiger charge is -2.08. The molecule has 0 aliphatic rings. The summed E-state index contributed by atoms with van der Waals surface area (Å²) in [5.41, 5.74) is 1.79. The van der Waals surface area contributed by atoms with Gasteiger partial charge in [-0.3, -0.25) is 4.98 Å². The molecule has 0 fully saturated rings. The van der Waals surface area contributed by atoms with E-state index in [0.29, 0.717) is 6.54 Å². The predicted octanol–water partition coefficient (Wildman–Crippen LogP) is 1.49. The van der Waals surface area contributed by atoms with Crippen LogP contribution in [0.4, 0.5) is 5.82 Å². The Morgan fingerprint density at radius 3 is 2.78 bits per heavy atom. The van der Waals surface area contributed by atoms with Crippen LogP contribution in [0.1, 0.15) is 21.7 Å². The third-order valence-electron chi connectivity index (χ3n) is 2.44. The zero-order valence-electron chi connectivity index (χ0n) is 9.79. The molecule has 0 bridgehead atoms. The lowest BCUT2D eigenvalue weighted by molar-refractivity contribution is 0.0691. The molecule has 0 aliphatic carbocycles. The summed E-state index contributed by atoms with van der Waals surface area (Å²) in [6.07, 6.45) is 4.49. The number of pyridine rings is 1. The van der Waals surface area contributed by atoms with E-state index in [-0.39, 0.29) is 11.5 Å². The minimum absolute atomic E-state index is 0.0916. The lowest BCUT2D eigenvalue weighted by Crippen LogP contribution is -2.11. The number of hydrogen-bond donors (Lipinski definition) is 2. The standard InChI is InChI=1S/C12H12N4O2/c1-8-3-2-4-13-9(8)7-16-11-10(12(17)18)14-5-6-15-11/h2-6H,7H2,1H3,(H,15,16)(H,17,18). The molecule has 2 N–H and O–H groups in total. The molecule has 0 radical (unpaired) electrons. The smallest absolute Gasteiger partial charge is 0.358 e. The van der Waals surface area contributed by atoms with Crippen molar-refractivity contribution in [3.63, 3.8) is 0 Å². The molecule has 6 nitrogen and oxygen atoms in total. The predicted molar refractivity (Wildman–Crippen MR) is 65.3 cm³/mol. The van der Waals surface area contributed by atoms with Crippen LogP contribution in [0.3, 0.4) is 0 Å². The van der Waals surface area contributed by atoms with Gasteiger partial charge in [0.1, 0.15) is 0 Å². The second-order valence-electron chi connectivity index (χ2n) is 3.68. The van der Waals surface area contributed by atoms with Gasteiger partial charge in [-0.25, -0.2) is 14.8 Å². The Hall–Kier alpha value is -2.50. The van der Waals surface area contributed by atoms with Crippen LogP contribution in [-0.4, -0.2) is 26.0 Å². The number of carboxylic acid groups (broad SMARTS) is 1. The highest BCUT2D eigenvalue weighted by Crippen LogP contribution is 2.11. The first-order valence-corrected chi connectivity index (χ1v) is 5.37. The lowest BCUT2D eigenvalue weighted by atomic mass is 10.2. The topological polar surface area (TPSA) is 88.0 Å². The first-order valence-electron chi connectivity index (χ1n) is 5.37. The van der Waals surface area contributed by atoms with Crippen molar-refractivity contribution >= 4 is 11.8 Å². The van der Waals surface area contributed by atoms with Gasteiger partial charge in [0.15, 0.2) is 11.5 Å². The maximum absolute atomic E-state index is 10.9. The summed E-state index contributed by atoms with van der Waals surface area (Å²) in [4.78, 5) is 22.9. The first kappa shape index (κ1) is 12.0. The molecule has 0 unspecified atom stereocenters. The molecule has 18 heavy (non-hydrogen) atoms. The fourth-order valence-electron chi connectivity index (χ4n) is 1.49. The minimum Gasteiger partial charge on any atom is -0.476 e. The van der Waals surface area contributed by atoms with E-state index in [9.17, 15) is 4.79 Å². The minimum atomic E-state index is -1.11. The van der Waals surface area contributed by atoms with Crippen molar-refractivity contribution in [3.8, 4) is 0 Å². The van der Waals surface area contributed by atoms with Gasteiger partial charge in [-0.2, -0.15) is 0 Å². The van der Waals surface area contributed by atoms with Gasteiger partial charge in [-0.15, -0.1) is 0 Å². The van der Waals surface area contributed by atoms with Gasteiger partial charge in [-0.1, -0.05) is 6.07 Å². The number of nitrogens with one attached hydrogen (secondary N) is 1. The van der Waals surface area contributed by atoms with E-state index in [1.54, 1.807) is 6.20 Å². The summed E-state index contributed by atoms with van der Waals surface area (Å²) in [5, 5.41) is 11.9. The van der Waals surface area contributed by atoms with Gasteiger partial charge in [0.25, 0.3) is 0 Å². The van der Waals surface area contributed by atoms with Crippen molar-refractivity contribution in [1.82, 2.24) is 15.0 Å². The molecule has 2 aromatic rings. The van der Waals surface area contributed by atoms with E-state index in [0.717, 1.165) is 11.3 Å². The van der Waals surface area contributed by atoms with Gasteiger partial charge < -0.3 is 10.4 Å². The Kier molecular flexibility index (Phi) is 3.47. The Labute approximate surface area is 104 Å². The third-order valence-corrected chi connectivity index (χ3v) is 2.44. The Morgan fingerprint density at radius 1 is 1.28 bits per heavy atom. The summed E-state index contributed by atoms with van der Waals surface area (Å²) >= 11 is 0. The van der Waals surface area contributed by atoms with Crippen molar-refractivity contribution in [2.75, 3.05) is 5.32 Å². The average Bonchev–Trinajstić information content (AvgIpc) is 2.38. The number of nitrogens with zero attached hydrogens (tertiary/aromatic N) is 3. The number of carboxylic acids is 1. The van der Waals surface area contributed by atoms with E-state index in [2.05, 4.69) is 20.3 Å². The number of aromatic nitrogens is 3. The van der Waals surface area contributed by atoms with Gasteiger partial charge in [-0.05, 0) is 18.6 Å². The number of aromatic carboxylic acids is 1. The monoisotopic (exact) mass is 244 g/mol. The molecular weight excluding hydrogens is 232 g/mol.